The highest BCUT2D eigenvalue weighted by atomic mass is 16.5. The Morgan fingerprint density at radius 2 is 1.60 bits per heavy atom. The maximum absolute atomic E-state index is 15.0. The Morgan fingerprint density at radius 3 is 2.43 bits per heavy atom. The van der Waals surface area contributed by atoms with Gasteiger partial charge in [-0.15, -0.1) is 0 Å². The molecular formula is C36H30N2O4. The van der Waals surface area contributed by atoms with Crippen LogP contribution in [0, 0.1) is 5.92 Å². The summed E-state index contributed by atoms with van der Waals surface area (Å²) in [5, 5.41) is 3.09. The van der Waals surface area contributed by atoms with Crippen molar-refractivity contribution in [3.63, 3.8) is 0 Å². The van der Waals surface area contributed by atoms with Crippen molar-refractivity contribution in [1.82, 2.24) is 4.90 Å². The molecule has 42 heavy (non-hydrogen) atoms. The molecule has 0 aliphatic carbocycles. The number of Topliss-reactive ketones (excluding diaryl/α,β-unsaturated/α-hetero) is 2. The lowest BCUT2D eigenvalue weighted by atomic mass is 9.62. The van der Waals surface area contributed by atoms with Gasteiger partial charge in [0.15, 0.2) is 11.6 Å². The molecule has 0 saturated carbocycles. The van der Waals surface area contributed by atoms with Gasteiger partial charge in [0.1, 0.15) is 17.2 Å². The molecule has 1 fully saturated rings. The van der Waals surface area contributed by atoms with Gasteiger partial charge < -0.3 is 15.0 Å². The average molecular weight is 555 g/mol. The van der Waals surface area contributed by atoms with Gasteiger partial charge in [-0.3, -0.25) is 14.4 Å². The van der Waals surface area contributed by atoms with Gasteiger partial charge in [0.25, 0.3) is 0 Å². The van der Waals surface area contributed by atoms with Gasteiger partial charge in [-0.25, -0.2) is 0 Å². The number of rotatable bonds is 7. The monoisotopic (exact) mass is 554 g/mol. The van der Waals surface area contributed by atoms with E-state index in [-0.39, 0.29) is 17.5 Å². The maximum Gasteiger partial charge on any atom is 0.238 e. The van der Waals surface area contributed by atoms with Crippen LogP contribution >= 0.6 is 0 Å². The van der Waals surface area contributed by atoms with E-state index in [9.17, 15) is 14.4 Å². The van der Waals surface area contributed by atoms with Crippen LogP contribution in [-0.2, 0) is 10.2 Å². The van der Waals surface area contributed by atoms with Crippen LogP contribution in [0.3, 0.4) is 0 Å². The first-order valence-corrected chi connectivity index (χ1v) is 14.4. The molecule has 4 unspecified atom stereocenters. The number of hydrogen-bond acceptors (Lipinski definition) is 5. The van der Waals surface area contributed by atoms with E-state index >= 15 is 0 Å². The standard InChI is InChI=1S/C36H30N2O4/c1-2-21-42-26-15-10-14-25(22-26)32(39)30-31(33(40)24-12-4-3-5-13-24)38-20-19-23-11-6-7-16-27(23)34(38)36(30)28-17-8-9-18-29(28)37-35(36)41/h3-20,22,30-31,34H,2,21H2,1H3,(H,37,41). The van der Waals surface area contributed by atoms with Gasteiger partial charge in [-0.05, 0) is 47.4 Å². The van der Waals surface area contributed by atoms with Crippen LogP contribution in [-0.4, -0.2) is 35.0 Å². The molecule has 0 radical (unpaired) electrons. The van der Waals surface area contributed by atoms with Gasteiger partial charge in [0, 0.05) is 23.0 Å². The third-order valence-electron chi connectivity index (χ3n) is 8.77. The Kier molecular flexibility index (Phi) is 6.27. The fraction of sp³-hybridized carbons (Fsp3) is 0.194. The van der Waals surface area contributed by atoms with E-state index in [1.54, 1.807) is 30.3 Å². The summed E-state index contributed by atoms with van der Waals surface area (Å²) in [5.74, 6) is -1.17. The molecule has 3 aliphatic heterocycles. The molecule has 6 heteroatoms. The van der Waals surface area contributed by atoms with E-state index in [0.717, 1.165) is 23.1 Å². The van der Waals surface area contributed by atoms with Crippen molar-refractivity contribution < 1.29 is 19.1 Å². The first-order valence-electron chi connectivity index (χ1n) is 14.4. The van der Waals surface area contributed by atoms with E-state index in [4.69, 9.17) is 4.74 Å². The van der Waals surface area contributed by atoms with Crippen LogP contribution in [0.5, 0.6) is 5.75 Å². The summed E-state index contributed by atoms with van der Waals surface area (Å²) in [6.45, 7) is 2.54. The summed E-state index contributed by atoms with van der Waals surface area (Å²) in [6.07, 6.45) is 4.69. The van der Waals surface area contributed by atoms with Crippen LogP contribution in [0.15, 0.2) is 109 Å². The van der Waals surface area contributed by atoms with Crippen LogP contribution in [0.4, 0.5) is 5.69 Å². The highest BCUT2D eigenvalue weighted by Gasteiger charge is 2.70. The van der Waals surface area contributed by atoms with Crippen LogP contribution in [0.1, 0.15) is 56.8 Å². The molecule has 3 aliphatic rings. The number of nitrogens with one attached hydrogen (secondary N) is 1. The number of ether oxygens (including phenoxy) is 1. The molecule has 1 spiro atoms. The summed E-state index contributed by atoms with van der Waals surface area (Å²) in [4.78, 5) is 46.0. The minimum absolute atomic E-state index is 0.199. The number of amides is 1. The molecular weight excluding hydrogens is 524 g/mol. The second-order valence-electron chi connectivity index (χ2n) is 11.1. The minimum Gasteiger partial charge on any atom is -0.494 e. The molecule has 3 heterocycles. The second kappa shape index (κ2) is 10.1. The van der Waals surface area contributed by atoms with Crippen molar-refractivity contribution >= 4 is 29.2 Å². The highest BCUT2D eigenvalue weighted by molar-refractivity contribution is 6.16. The lowest BCUT2D eigenvalue weighted by Gasteiger charge is -2.38. The smallest absolute Gasteiger partial charge is 0.238 e. The Morgan fingerprint density at radius 1 is 0.857 bits per heavy atom. The predicted molar refractivity (Wildman–Crippen MR) is 161 cm³/mol. The summed E-state index contributed by atoms with van der Waals surface area (Å²) in [7, 11) is 0. The van der Waals surface area contributed by atoms with Crippen LogP contribution in [0.25, 0.3) is 6.08 Å². The molecule has 0 aromatic heterocycles. The number of carbonyl (C=O) groups excluding carboxylic acids is 3. The van der Waals surface area contributed by atoms with Gasteiger partial charge in [-0.1, -0.05) is 91.9 Å². The molecule has 4 atom stereocenters. The molecule has 7 rings (SSSR count). The summed E-state index contributed by atoms with van der Waals surface area (Å²) < 4.78 is 5.87. The minimum atomic E-state index is -1.36. The predicted octanol–water partition coefficient (Wildman–Crippen LogP) is 6.46. The quantitative estimate of drug-likeness (QED) is 0.266. The fourth-order valence-electron chi connectivity index (χ4n) is 7.08. The van der Waals surface area contributed by atoms with Gasteiger partial charge in [0.2, 0.25) is 5.91 Å². The number of ketones is 2. The summed E-state index contributed by atoms with van der Waals surface area (Å²) >= 11 is 0. The Hall–Kier alpha value is -4.97. The molecule has 208 valence electrons. The first-order chi connectivity index (χ1) is 20.6. The van der Waals surface area contributed by atoms with Gasteiger partial charge in [0.05, 0.1) is 18.6 Å². The topological polar surface area (TPSA) is 75.7 Å². The normalized spacial score (nSPS) is 23.2. The number of benzene rings is 4. The molecule has 1 amide bonds. The molecule has 1 N–H and O–H groups in total. The van der Waals surface area contributed by atoms with E-state index < -0.39 is 23.4 Å². The first kappa shape index (κ1) is 26.0. The molecule has 4 aromatic rings. The number of nitrogens with zero attached hydrogens (tertiary/aromatic N) is 1. The third-order valence-corrected chi connectivity index (χ3v) is 8.77. The number of fused-ring (bicyclic) bond motifs is 6. The average Bonchev–Trinajstić information content (AvgIpc) is 3.52. The van der Waals surface area contributed by atoms with Crippen LogP contribution < -0.4 is 10.1 Å². The zero-order chi connectivity index (χ0) is 28.8. The lowest BCUT2D eigenvalue weighted by molar-refractivity contribution is -0.122. The van der Waals surface area contributed by atoms with Crippen molar-refractivity contribution in [1.29, 1.82) is 0 Å². The zero-order valence-electron chi connectivity index (χ0n) is 23.2. The highest BCUT2D eigenvalue weighted by Crippen LogP contribution is 2.62. The fourth-order valence-corrected chi connectivity index (χ4v) is 7.08. The molecule has 4 aromatic carbocycles. The number of hydrogen-bond donors (Lipinski definition) is 1. The van der Waals surface area contributed by atoms with Crippen molar-refractivity contribution in [3.8, 4) is 5.75 Å². The van der Waals surface area contributed by atoms with Crippen molar-refractivity contribution in [3.05, 3.63) is 137 Å². The Balaban J connectivity index is 1.50. The van der Waals surface area contributed by atoms with Gasteiger partial charge in [-0.2, -0.15) is 0 Å². The summed E-state index contributed by atoms with van der Waals surface area (Å²) in [5.41, 5.74) is 2.82. The molecule has 6 nitrogen and oxygen atoms in total. The third kappa shape index (κ3) is 3.75. The molecule has 1 saturated heterocycles. The van der Waals surface area contributed by atoms with E-state index in [1.807, 2.05) is 96.9 Å². The zero-order valence-corrected chi connectivity index (χ0v) is 23.2. The number of anilines is 1. The van der Waals surface area contributed by atoms with Crippen LogP contribution in [0.2, 0.25) is 0 Å². The SMILES string of the molecule is CCCOc1cccc(C(=O)C2C(C(=O)c3ccccc3)N3C=Cc4ccccc4C3C23C(=O)Nc2ccccc23)c1. The Bertz CT molecular complexity index is 1750. The summed E-state index contributed by atoms with van der Waals surface area (Å²) in [6, 6.07) is 30.1. The number of carbonyl (C=O) groups is 3. The van der Waals surface area contributed by atoms with E-state index in [0.29, 0.717) is 29.2 Å². The van der Waals surface area contributed by atoms with E-state index in [2.05, 4.69) is 5.32 Å². The lowest BCUT2D eigenvalue weighted by Crippen LogP contribution is -2.49. The van der Waals surface area contributed by atoms with Gasteiger partial charge >= 0.3 is 0 Å². The second-order valence-corrected chi connectivity index (χ2v) is 11.1. The molecule has 0 bridgehead atoms. The Labute approximate surface area is 244 Å². The van der Waals surface area contributed by atoms with Crippen molar-refractivity contribution in [2.75, 3.05) is 11.9 Å². The van der Waals surface area contributed by atoms with Crippen molar-refractivity contribution in [2.24, 2.45) is 5.92 Å². The number of para-hydroxylation sites is 1. The van der Waals surface area contributed by atoms with Crippen molar-refractivity contribution in [2.45, 2.75) is 30.8 Å². The van der Waals surface area contributed by atoms with E-state index in [1.165, 1.54) is 0 Å². The maximum atomic E-state index is 15.0. The largest absolute Gasteiger partial charge is 0.494 e.